The van der Waals surface area contributed by atoms with E-state index in [0.29, 0.717) is 6.04 Å². The average molecular weight is 242 g/mol. The summed E-state index contributed by atoms with van der Waals surface area (Å²) in [6, 6.07) is 11.0. The molecule has 2 atom stereocenters. The molecule has 0 saturated carbocycles. The Morgan fingerprint density at radius 1 is 1.22 bits per heavy atom. The fourth-order valence-corrected chi connectivity index (χ4v) is 2.40. The first-order chi connectivity index (χ1) is 8.76. The molecule has 1 aromatic heterocycles. The van der Waals surface area contributed by atoms with Crippen LogP contribution in [0.1, 0.15) is 38.3 Å². The smallest absolute Gasteiger partial charge is 0.0705 e. The lowest BCUT2D eigenvalue weighted by atomic mass is 9.92. The first-order valence-corrected chi connectivity index (χ1v) is 6.77. The molecule has 18 heavy (non-hydrogen) atoms. The zero-order valence-corrected chi connectivity index (χ0v) is 11.5. The molecule has 0 aliphatic carbocycles. The number of rotatable bonds is 5. The quantitative estimate of drug-likeness (QED) is 0.859. The highest BCUT2D eigenvalue weighted by Crippen LogP contribution is 2.28. The second kappa shape index (κ2) is 5.96. The summed E-state index contributed by atoms with van der Waals surface area (Å²) in [7, 11) is 2.04. The van der Waals surface area contributed by atoms with E-state index >= 15 is 0 Å². The molecule has 1 N–H and O–H groups in total. The molecule has 0 saturated heterocycles. The van der Waals surface area contributed by atoms with Gasteiger partial charge in [0.15, 0.2) is 0 Å². The second-order valence-electron chi connectivity index (χ2n) is 5.01. The number of benzene rings is 1. The SMILES string of the molecule is CCC(C)CC(NC)c1cccc2ncccc12. The Morgan fingerprint density at radius 2 is 2.06 bits per heavy atom. The predicted octanol–water partition coefficient (Wildman–Crippen LogP) is 3.93. The van der Waals surface area contributed by atoms with Crippen LogP contribution in [-0.4, -0.2) is 12.0 Å². The van der Waals surface area contributed by atoms with Crippen LogP contribution in [0.15, 0.2) is 36.5 Å². The van der Waals surface area contributed by atoms with Crippen molar-refractivity contribution in [3.8, 4) is 0 Å². The summed E-state index contributed by atoms with van der Waals surface area (Å²) in [6.45, 7) is 4.57. The number of hydrogen-bond acceptors (Lipinski definition) is 2. The average Bonchev–Trinajstić information content (AvgIpc) is 2.44. The summed E-state index contributed by atoms with van der Waals surface area (Å²) in [4.78, 5) is 4.43. The van der Waals surface area contributed by atoms with Crippen LogP contribution in [0.2, 0.25) is 0 Å². The largest absolute Gasteiger partial charge is 0.313 e. The Bertz CT molecular complexity index is 502. The number of aromatic nitrogens is 1. The Kier molecular flexibility index (Phi) is 4.32. The van der Waals surface area contributed by atoms with Crippen molar-refractivity contribution in [1.29, 1.82) is 0 Å². The third-order valence-electron chi connectivity index (χ3n) is 3.74. The van der Waals surface area contributed by atoms with E-state index in [1.54, 1.807) is 0 Å². The molecule has 96 valence electrons. The molecule has 2 nitrogen and oxygen atoms in total. The minimum absolute atomic E-state index is 0.410. The Labute approximate surface area is 109 Å². The van der Waals surface area contributed by atoms with E-state index in [4.69, 9.17) is 0 Å². The minimum Gasteiger partial charge on any atom is -0.313 e. The van der Waals surface area contributed by atoms with Crippen LogP contribution < -0.4 is 5.32 Å². The molecule has 0 bridgehead atoms. The summed E-state index contributed by atoms with van der Waals surface area (Å²) >= 11 is 0. The standard InChI is InChI=1S/C16H22N2/c1-4-12(2)11-16(17-3)14-7-5-9-15-13(14)8-6-10-18-15/h5-10,12,16-17H,4,11H2,1-3H3. The Hall–Kier alpha value is -1.41. The molecule has 0 amide bonds. The number of nitrogens with one attached hydrogen (secondary N) is 1. The van der Waals surface area contributed by atoms with E-state index in [2.05, 4.69) is 48.4 Å². The van der Waals surface area contributed by atoms with Gasteiger partial charge in [-0.3, -0.25) is 4.98 Å². The highest BCUT2D eigenvalue weighted by atomic mass is 14.9. The van der Waals surface area contributed by atoms with Crippen LogP contribution >= 0.6 is 0 Å². The first-order valence-electron chi connectivity index (χ1n) is 6.77. The third kappa shape index (κ3) is 2.70. The summed E-state index contributed by atoms with van der Waals surface area (Å²) in [5.74, 6) is 0.731. The van der Waals surface area contributed by atoms with E-state index < -0.39 is 0 Å². The minimum atomic E-state index is 0.410. The second-order valence-corrected chi connectivity index (χ2v) is 5.01. The van der Waals surface area contributed by atoms with Gasteiger partial charge in [0.1, 0.15) is 0 Å². The molecule has 0 aliphatic rings. The summed E-state index contributed by atoms with van der Waals surface area (Å²) in [5, 5.41) is 4.71. The molecule has 2 heteroatoms. The van der Waals surface area contributed by atoms with Gasteiger partial charge in [0, 0.05) is 17.6 Å². The monoisotopic (exact) mass is 242 g/mol. The zero-order chi connectivity index (χ0) is 13.0. The number of nitrogens with zero attached hydrogens (tertiary/aromatic N) is 1. The Balaban J connectivity index is 2.38. The van der Waals surface area contributed by atoms with E-state index in [0.717, 1.165) is 11.4 Å². The van der Waals surface area contributed by atoms with Gasteiger partial charge in [-0.1, -0.05) is 38.5 Å². The van der Waals surface area contributed by atoms with Crippen molar-refractivity contribution >= 4 is 10.9 Å². The molecular formula is C16H22N2. The third-order valence-corrected chi connectivity index (χ3v) is 3.74. The molecule has 2 rings (SSSR count). The summed E-state index contributed by atoms with van der Waals surface area (Å²) in [5.41, 5.74) is 2.45. The number of pyridine rings is 1. The van der Waals surface area contributed by atoms with Crippen molar-refractivity contribution in [3.05, 3.63) is 42.1 Å². The number of hydrogen-bond donors (Lipinski definition) is 1. The summed E-state index contributed by atoms with van der Waals surface area (Å²) in [6.07, 6.45) is 4.25. The van der Waals surface area contributed by atoms with Crippen molar-refractivity contribution in [2.75, 3.05) is 7.05 Å². The van der Waals surface area contributed by atoms with Crippen molar-refractivity contribution in [1.82, 2.24) is 10.3 Å². The van der Waals surface area contributed by atoms with Crippen molar-refractivity contribution in [2.45, 2.75) is 32.7 Å². The van der Waals surface area contributed by atoms with Crippen LogP contribution in [0.25, 0.3) is 10.9 Å². The maximum Gasteiger partial charge on any atom is 0.0705 e. The Morgan fingerprint density at radius 3 is 2.78 bits per heavy atom. The highest BCUT2D eigenvalue weighted by Gasteiger charge is 2.15. The molecule has 1 heterocycles. The van der Waals surface area contributed by atoms with Gasteiger partial charge in [-0.2, -0.15) is 0 Å². The van der Waals surface area contributed by atoms with Gasteiger partial charge in [-0.25, -0.2) is 0 Å². The van der Waals surface area contributed by atoms with Gasteiger partial charge in [0.25, 0.3) is 0 Å². The lowest BCUT2D eigenvalue weighted by Gasteiger charge is -2.21. The maximum absolute atomic E-state index is 4.43. The lowest BCUT2D eigenvalue weighted by Crippen LogP contribution is -2.19. The molecular weight excluding hydrogens is 220 g/mol. The topological polar surface area (TPSA) is 24.9 Å². The van der Waals surface area contributed by atoms with E-state index in [1.807, 2.05) is 19.3 Å². The van der Waals surface area contributed by atoms with Gasteiger partial charge in [0.05, 0.1) is 5.52 Å². The maximum atomic E-state index is 4.43. The van der Waals surface area contributed by atoms with Crippen LogP contribution in [0.3, 0.4) is 0 Å². The molecule has 0 fully saturated rings. The van der Waals surface area contributed by atoms with Gasteiger partial charge in [-0.05, 0) is 37.1 Å². The highest BCUT2D eigenvalue weighted by molar-refractivity contribution is 5.82. The van der Waals surface area contributed by atoms with Crippen molar-refractivity contribution < 1.29 is 0 Å². The van der Waals surface area contributed by atoms with Crippen LogP contribution in [0, 0.1) is 5.92 Å². The molecule has 2 unspecified atom stereocenters. The van der Waals surface area contributed by atoms with Crippen LogP contribution in [-0.2, 0) is 0 Å². The van der Waals surface area contributed by atoms with Crippen molar-refractivity contribution in [3.63, 3.8) is 0 Å². The lowest BCUT2D eigenvalue weighted by molar-refractivity contribution is 0.423. The normalized spacial score (nSPS) is 14.6. The fourth-order valence-electron chi connectivity index (χ4n) is 2.40. The molecule has 0 radical (unpaired) electrons. The molecule has 1 aromatic carbocycles. The fraction of sp³-hybridized carbons (Fsp3) is 0.438. The van der Waals surface area contributed by atoms with E-state index in [9.17, 15) is 0 Å². The van der Waals surface area contributed by atoms with Gasteiger partial charge in [0.2, 0.25) is 0 Å². The van der Waals surface area contributed by atoms with Gasteiger partial charge >= 0.3 is 0 Å². The summed E-state index contributed by atoms with van der Waals surface area (Å²) < 4.78 is 0. The van der Waals surface area contributed by atoms with Crippen LogP contribution in [0.4, 0.5) is 0 Å². The molecule has 2 aromatic rings. The van der Waals surface area contributed by atoms with E-state index in [1.165, 1.54) is 23.8 Å². The van der Waals surface area contributed by atoms with E-state index in [-0.39, 0.29) is 0 Å². The molecule has 0 aliphatic heterocycles. The van der Waals surface area contributed by atoms with Crippen LogP contribution in [0.5, 0.6) is 0 Å². The number of fused-ring (bicyclic) bond motifs is 1. The van der Waals surface area contributed by atoms with Gasteiger partial charge < -0.3 is 5.32 Å². The van der Waals surface area contributed by atoms with Crippen molar-refractivity contribution in [2.24, 2.45) is 5.92 Å². The predicted molar refractivity (Wildman–Crippen MR) is 77.6 cm³/mol. The zero-order valence-electron chi connectivity index (χ0n) is 11.5. The van der Waals surface area contributed by atoms with Gasteiger partial charge in [-0.15, -0.1) is 0 Å². The first kappa shape index (κ1) is 13.0. The molecule has 0 spiro atoms.